The fourth-order valence-corrected chi connectivity index (χ4v) is 0.0913. The summed E-state index contributed by atoms with van der Waals surface area (Å²) in [5, 5.41) is 2.60. The summed E-state index contributed by atoms with van der Waals surface area (Å²) in [6.45, 7) is 2.38. The van der Waals surface area contributed by atoms with Crippen molar-refractivity contribution in [1.82, 2.24) is 0 Å². The van der Waals surface area contributed by atoms with Crippen LogP contribution in [0, 0.1) is 4.91 Å². The van der Waals surface area contributed by atoms with E-state index in [1.165, 1.54) is 0 Å². The minimum absolute atomic E-state index is 0.458. The second kappa shape index (κ2) is 15.9. The largest absolute Gasteiger partial charge is 0.431 e. The Bertz CT molecular complexity index is 43.0. The third kappa shape index (κ3) is 41.8. The molecular weight excluding hydrogens is 122 g/mol. The highest BCUT2D eigenvalue weighted by Crippen LogP contribution is 1.71. The van der Waals surface area contributed by atoms with Crippen LogP contribution >= 0.6 is 0 Å². The molecule has 0 radical (unpaired) electrons. The molecule has 0 bridgehead atoms. The van der Waals surface area contributed by atoms with Crippen molar-refractivity contribution in [1.29, 1.82) is 0 Å². The molecule has 0 aliphatic carbocycles. The molecule has 50 valence electrons. The van der Waals surface area contributed by atoms with Crippen molar-refractivity contribution in [2.24, 2.45) is 5.18 Å². The lowest BCUT2D eigenvalue weighted by atomic mass is 10.5. The predicted molar refractivity (Wildman–Crippen MR) is 37.9 cm³/mol. The topological polar surface area (TPSA) is 38.7 Å². The van der Waals surface area contributed by atoms with E-state index in [9.17, 15) is 0 Å². The number of hydrogen-bond acceptors (Lipinski definition) is 3. The quantitative estimate of drug-likeness (QED) is 0.397. The van der Waals surface area contributed by atoms with Crippen molar-refractivity contribution in [2.75, 3.05) is 13.7 Å². The summed E-state index contributed by atoms with van der Waals surface area (Å²) < 4.78 is 4.39. The molecule has 0 aliphatic rings. The molecule has 8 heavy (non-hydrogen) atoms. The van der Waals surface area contributed by atoms with Gasteiger partial charge in [-0.3, -0.25) is 0 Å². The second-order valence-corrected chi connectivity index (χ2v) is 2.08. The van der Waals surface area contributed by atoms with Crippen LogP contribution in [0.15, 0.2) is 5.18 Å². The zero-order valence-corrected chi connectivity index (χ0v) is 7.68. The lowest BCUT2D eigenvalue weighted by Crippen LogP contribution is -1.65. The first kappa shape index (κ1) is 10.7. The highest BCUT2D eigenvalue weighted by Gasteiger charge is 1.66. The van der Waals surface area contributed by atoms with Crippen LogP contribution in [0.25, 0.3) is 0 Å². The van der Waals surface area contributed by atoms with Gasteiger partial charge in [-0.2, -0.15) is 4.91 Å². The Morgan fingerprint density at radius 2 is 2.12 bits per heavy atom. The maximum atomic E-state index is 9.15. The van der Waals surface area contributed by atoms with Crippen LogP contribution in [0.5, 0.6) is 0 Å². The highest BCUT2D eigenvalue weighted by atomic mass is 28.2. The lowest BCUT2D eigenvalue weighted by molar-refractivity contribution is 0.460. The van der Waals surface area contributed by atoms with Gasteiger partial charge in [0, 0.05) is 7.11 Å². The normalized spacial score (nSPS) is 7.25. The molecule has 0 saturated heterocycles. The summed E-state index contributed by atoms with van der Waals surface area (Å²) in [5.41, 5.74) is 0. The molecule has 0 spiro atoms. The van der Waals surface area contributed by atoms with E-state index in [1.54, 1.807) is 7.11 Å². The van der Waals surface area contributed by atoms with E-state index in [0.717, 1.165) is 16.9 Å². The maximum Gasteiger partial charge on any atom is 0.145 e. The summed E-state index contributed by atoms with van der Waals surface area (Å²) in [7, 11) is 2.56. The third-order valence-electron chi connectivity index (χ3n) is 0.315. The Morgan fingerprint density at radius 1 is 1.75 bits per heavy atom. The molecule has 0 amide bonds. The van der Waals surface area contributed by atoms with Crippen molar-refractivity contribution >= 4 is 10.5 Å². The van der Waals surface area contributed by atoms with Gasteiger partial charge in [-0.1, -0.05) is 12.1 Å². The van der Waals surface area contributed by atoms with Gasteiger partial charge in [0.1, 0.15) is 10.5 Å². The van der Waals surface area contributed by atoms with Crippen LogP contribution in [0.4, 0.5) is 0 Å². The predicted octanol–water partition coefficient (Wildman–Crippen LogP) is 0.0760. The molecule has 4 heteroatoms. The Hall–Kier alpha value is -0.223. The molecule has 3 nitrogen and oxygen atoms in total. The summed E-state index contributed by atoms with van der Waals surface area (Å²) in [4.78, 5) is 9.15. The van der Waals surface area contributed by atoms with E-state index in [4.69, 9.17) is 4.91 Å². The van der Waals surface area contributed by atoms with E-state index in [0.29, 0.717) is 6.54 Å². The summed E-state index contributed by atoms with van der Waals surface area (Å²) >= 11 is 0. The average Bonchev–Trinajstić information content (AvgIpc) is 1.71. The zero-order chi connectivity index (χ0) is 6.83. The molecule has 0 aromatic heterocycles. The van der Waals surface area contributed by atoms with Gasteiger partial charge in [-0.05, 0) is 6.42 Å². The average molecular weight is 135 g/mol. The Balaban J connectivity index is 0. The van der Waals surface area contributed by atoms with Crippen LogP contribution in [-0.4, -0.2) is 24.1 Å². The molecule has 0 aliphatic heterocycles. The Labute approximate surface area is 52.9 Å². The zero-order valence-electron chi connectivity index (χ0n) is 5.68. The van der Waals surface area contributed by atoms with Gasteiger partial charge >= 0.3 is 0 Å². The first-order valence-corrected chi connectivity index (χ1v) is 3.34. The fourth-order valence-electron chi connectivity index (χ4n) is 0.0913. The number of rotatable bonds is 2. The summed E-state index contributed by atoms with van der Waals surface area (Å²) in [5.74, 6) is 0. The first-order chi connectivity index (χ1) is 3.83. The summed E-state index contributed by atoms with van der Waals surface area (Å²) in [6, 6.07) is 0. The molecule has 0 heterocycles. The van der Waals surface area contributed by atoms with Gasteiger partial charge in [-0.25, -0.2) is 0 Å². The highest BCUT2D eigenvalue weighted by molar-refractivity contribution is 5.97. The van der Waals surface area contributed by atoms with Gasteiger partial charge in [0.05, 0.1) is 6.54 Å². The number of nitrogens with zero attached hydrogens (tertiary/aromatic N) is 1. The second-order valence-electron chi connectivity index (χ2n) is 1.26. The van der Waals surface area contributed by atoms with Gasteiger partial charge in [0.15, 0.2) is 0 Å². The minimum Gasteiger partial charge on any atom is -0.431 e. The maximum absolute atomic E-state index is 9.15. The lowest BCUT2D eigenvalue weighted by Gasteiger charge is -1.68. The van der Waals surface area contributed by atoms with E-state index in [1.807, 2.05) is 6.92 Å². The van der Waals surface area contributed by atoms with E-state index < -0.39 is 0 Å². The molecule has 0 aromatic rings. The van der Waals surface area contributed by atoms with Gasteiger partial charge in [0.25, 0.3) is 0 Å². The standard InChI is InChI=1S/C3H7NO.CH6OSi/c1-2-3-4-5;1-2-3/h2-3H2,1H3;1,3H3. The van der Waals surface area contributed by atoms with Crippen LogP contribution in [0.3, 0.4) is 0 Å². The van der Waals surface area contributed by atoms with Crippen LogP contribution < -0.4 is 0 Å². The first-order valence-electron chi connectivity index (χ1n) is 2.52. The van der Waals surface area contributed by atoms with Gasteiger partial charge in [-0.15, -0.1) is 0 Å². The van der Waals surface area contributed by atoms with E-state index in [2.05, 4.69) is 9.60 Å². The number of hydrogen-bond donors (Lipinski definition) is 0. The van der Waals surface area contributed by atoms with Crippen molar-refractivity contribution in [3.05, 3.63) is 4.91 Å². The van der Waals surface area contributed by atoms with Crippen LogP contribution in [0.1, 0.15) is 13.3 Å². The molecular formula is C4H13NO2Si. The van der Waals surface area contributed by atoms with Crippen LogP contribution in [-0.2, 0) is 4.43 Å². The van der Waals surface area contributed by atoms with Crippen molar-refractivity contribution in [2.45, 2.75) is 13.3 Å². The van der Waals surface area contributed by atoms with Crippen molar-refractivity contribution < 1.29 is 4.43 Å². The Morgan fingerprint density at radius 3 is 2.12 bits per heavy atom. The van der Waals surface area contributed by atoms with Crippen molar-refractivity contribution in [3.8, 4) is 0 Å². The molecule has 0 saturated carbocycles. The third-order valence-corrected chi connectivity index (χ3v) is 0.315. The van der Waals surface area contributed by atoms with Gasteiger partial charge < -0.3 is 4.43 Å². The Kier molecular flexibility index (Phi) is 21.2. The van der Waals surface area contributed by atoms with E-state index >= 15 is 0 Å². The molecule has 0 N–H and O–H groups in total. The SMILES string of the molecule is CCCN=O.CO[SiH3]. The molecule has 0 rings (SSSR count). The van der Waals surface area contributed by atoms with E-state index in [-0.39, 0.29) is 0 Å². The molecule has 0 fully saturated rings. The monoisotopic (exact) mass is 135 g/mol. The van der Waals surface area contributed by atoms with Crippen LogP contribution in [0.2, 0.25) is 0 Å². The molecule has 0 unspecified atom stereocenters. The van der Waals surface area contributed by atoms with Gasteiger partial charge in [0.2, 0.25) is 0 Å². The minimum atomic E-state index is 0.458. The summed E-state index contributed by atoms with van der Waals surface area (Å²) in [6.07, 6.45) is 0.865. The molecule has 0 atom stereocenters. The number of nitroso groups, excluding NO2 is 1. The fraction of sp³-hybridized carbons (Fsp3) is 1.00. The van der Waals surface area contributed by atoms with Crippen molar-refractivity contribution in [3.63, 3.8) is 0 Å². The molecule has 0 aromatic carbocycles. The smallest absolute Gasteiger partial charge is 0.145 e.